The largest absolute Gasteiger partial charge is 0.481 e. The highest BCUT2D eigenvalue weighted by Gasteiger charge is 2.21. The summed E-state index contributed by atoms with van der Waals surface area (Å²) in [6.45, 7) is 2.27. The zero-order valence-electron chi connectivity index (χ0n) is 12.8. The average Bonchev–Trinajstić information content (AvgIpc) is 2.51. The van der Waals surface area contributed by atoms with Crippen molar-refractivity contribution in [3.63, 3.8) is 0 Å². The molecule has 0 heterocycles. The Hall–Kier alpha value is -2.08. The molecular weight excluding hydrogens is 284 g/mol. The Labute approximate surface area is 130 Å². The number of carbonyl (C=O) groups is 2. The van der Waals surface area contributed by atoms with Crippen LogP contribution in [0.25, 0.3) is 0 Å². The molecule has 0 radical (unpaired) electrons. The van der Waals surface area contributed by atoms with E-state index in [1.807, 2.05) is 37.3 Å². The molecule has 0 saturated heterocycles. The van der Waals surface area contributed by atoms with E-state index in [1.165, 1.54) is 0 Å². The van der Waals surface area contributed by atoms with Crippen molar-refractivity contribution in [3.8, 4) is 0 Å². The highest BCUT2D eigenvalue weighted by Crippen LogP contribution is 2.19. The fraction of sp³-hybridized carbons (Fsp3) is 0.500. The zero-order valence-corrected chi connectivity index (χ0v) is 12.8. The van der Waals surface area contributed by atoms with E-state index >= 15 is 0 Å². The molecule has 2 amide bonds. The van der Waals surface area contributed by atoms with Crippen LogP contribution in [0.15, 0.2) is 30.3 Å². The van der Waals surface area contributed by atoms with Gasteiger partial charge < -0.3 is 20.8 Å². The minimum Gasteiger partial charge on any atom is -0.481 e. The van der Waals surface area contributed by atoms with Crippen LogP contribution in [0.2, 0.25) is 0 Å². The fourth-order valence-corrected chi connectivity index (χ4v) is 2.16. The van der Waals surface area contributed by atoms with Gasteiger partial charge >= 0.3 is 12.0 Å². The third-order valence-corrected chi connectivity index (χ3v) is 3.29. The van der Waals surface area contributed by atoms with Crippen molar-refractivity contribution in [2.24, 2.45) is 0 Å². The molecule has 0 spiro atoms. The number of carboxylic acids is 1. The monoisotopic (exact) mass is 308 g/mol. The molecule has 0 aliphatic heterocycles. The van der Waals surface area contributed by atoms with Gasteiger partial charge in [0.15, 0.2) is 0 Å². The molecule has 2 atom stereocenters. The Morgan fingerprint density at radius 2 is 1.91 bits per heavy atom. The van der Waals surface area contributed by atoms with Gasteiger partial charge in [0.1, 0.15) is 0 Å². The molecule has 0 aliphatic rings. The molecule has 6 nitrogen and oxygen atoms in total. The van der Waals surface area contributed by atoms with Crippen molar-refractivity contribution >= 4 is 12.0 Å². The number of urea groups is 1. The molecule has 0 bridgehead atoms. The van der Waals surface area contributed by atoms with E-state index in [0.29, 0.717) is 19.4 Å². The lowest BCUT2D eigenvalue weighted by Gasteiger charge is -2.24. The summed E-state index contributed by atoms with van der Waals surface area (Å²) in [5.41, 5.74) is 0.757. The highest BCUT2D eigenvalue weighted by atomic mass is 16.4. The van der Waals surface area contributed by atoms with Crippen LogP contribution in [0, 0.1) is 0 Å². The molecule has 0 aliphatic carbocycles. The first-order chi connectivity index (χ1) is 10.5. The Morgan fingerprint density at radius 1 is 1.23 bits per heavy atom. The summed E-state index contributed by atoms with van der Waals surface area (Å²) >= 11 is 0. The van der Waals surface area contributed by atoms with Gasteiger partial charge in [-0.25, -0.2) is 4.79 Å². The first-order valence-electron chi connectivity index (χ1n) is 7.53. The number of aliphatic carboxylic acids is 1. The highest BCUT2D eigenvalue weighted by molar-refractivity contribution is 5.74. The second kappa shape index (κ2) is 9.78. The van der Waals surface area contributed by atoms with Crippen molar-refractivity contribution in [3.05, 3.63) is 35.9 Å². The van der Waals surface area contributed by atoms with E-state index in [-0.39, 0.29) is 18.5 Å². The zero-order chi connectivity index (χ0) is 16.4. The van der Waals surface area contributed by atoms with Crippen LogP contribution in [0.3, 0.4) is 0 Å². The SMILES string of the molecule is CCCC(NC(=O)NCCCC(=O)O)C(O)c1ccccc1. The summed E-state index contributed by atoms with van der Waals surface area (Å²) in [5, 5.41) is 24.3. The maximum atomic E-state index is 11.8. The Bertz CT molecular complexity index is 464. The Morgan fingerprint density at radius 3 is 2.50 bits per heavy atom. The minimum absolute atomic E-state index is 0.0192. The summed E-state index contributed by atoms with van der Waals surface area (Å²) in [6.07, 6.45) is 1.10. The van der Waals surface area contributed by atoms with Crippen molar-refractivity contribution < 1.29 is 19.8 Å². The van der Waals surface area contributed by atoms with Crippen molar-refractivity contribution in [1.82, 2.24) is 10.6 Å². The number of benzene rings is 1. The number of nitrogens with one attached hydrogen (secondary N) is 2. The Balaban J connectivity index is 2.49. The van der Waals surface area contributed by atoms with E-state index < -0.39 is 12.1 Å². The predicted octanol–water partition coefficient (Wildman–Crippen LogP) is 2.05. The van der Waals surface area contributed by atoms with Gasteiger partial charge in [0, 0.05) is 13.0 Å². The van der Waals surface area contributed by atoms with Crippen LogP contribution < -0.4 is 10.6 Å². The molecule has 22 heavy (non-hydrogen) atoms. The summed E-state index contributed by atoms with van der Waals surface area (Å²) in [7, 11) is 0. The van der Waals surface area contributed by atoms with Crippen LogP contribution in [-0.2, 0) is 4.79 Å². The lowest BCUT2D eigenvalue weighted by molar-refractivity contribution is -0.137. The van der Waals surface area contributed by atoms with Gasteiger partial charge in [-0.05, 0) is 18.4 Å². The molecule has 0 aromatic heterocycles. The number of aliphatic hydroxyl groups is 1. The van der Waals surface area contributed by atoms with Gasteiger partial charge in [-0.2, -0.15) is 0 Å². The number of carboxylic acid groups (broad SMARTS) is 1. The van der Waals surface area contributed by atoms with Gasteiger partial charge in [0.05, 0.1) is 12.1 Å². The van der Waals surface area contributed by atoms with Gasteiger partial charge in [0.25, 0.3) is 0 Å². The summed E-state index contributed by atoms with van der Waals surface area (Å²) in [4.78, 5) is 22.2. The van der Waals surface area contributed by atoms with Crippen LogP contribution in [0.1, 0.15) is 44.3 Å². The fourth-order valence-electron chi connectivity index (χ4n) is 2.16. The number of hydrogen-bond donors (Lipinski definition) is 4. The second-order valence-electron chi connectivity index (χ2n) is 5.15. The lowest BCUT2D eigenvalue weighted by atomic mass is 9.99. The number of hydrogen-bond acceptors (Lipinski definition) is 3. The average molecular weight is 308 g/mol. The quantitative estimate of drug-likeness (QED) is 0.525. The summed E-state index contributed by atoms with van der Waals surface area (Å²) < 4.78 is 0. The Kier molecular flexibility index (Phi) is 7.99. The van der Waals surface area contributed by atoms with Crippen LogP contribution in [0.5, 0.6) is 0 Å². The molecule has 4 N–H and O–H groups in total. The van der Waals surface area contributed by atoms with Gasteiger partial charge in [0.2, 0.25) is 0 Å². The molecule has 1 aromatic carbocycles. The molecule has 122 valence electrons. The first-order valence-corrected chi connectivity index (χ1v) is 7.53. The molecule has 6 heteroatoms. The van der Waals surface area contributed by atoms with Gasteiger partial charge in [-0.15, -0.1) is 0 Å². The van der Waals surface area contributed by atoms with Crippen molar-refractivity contribution in [1.29, 1.82) is 0 Å². The van der Waals surface area contributed by atoms with E-state index in [4.69, 9.17) is 5.11 Å². The maximum absolute atomic E-state index is 11.8. The molecule has 0 fully saturated rings. The van der Waals surface area contributed by atoms with Crippen LogP contribution >= 0.6 is 0 Å². The van der Waals surface area contributed by atoms with E-state index in [0.717, 1.165) is 12.0 Å². The standard InChI is InChI=1S/C16H24N2O4/c1-2-7-13(15(21)12-8-4-3-5-9-12)18-16(22)17-11-6-10-14(19)20/h3-5,8-9,13,15,21H,2,6-7,10-11H2,1H3,(H,19,20)(H2,17,18,22). The summed E-state index contributed by atoms with van der Waals surface area (Å²) in [6, 6.07) is 8.42. The summed E-state index contributed by atoms with van der Waals surface area (Å²) in [5.74, 6) is -0.884. The smallest absolute Gasteiger partial charge is 0.315 e. The second-order valence-corrected chi connectivity index (χ2v) is 5.15. The van der Waals surface area contributed by atoms with Crippen molar-refractivity contribution in [2.75, 3.05) is 6.54 Å². The number of carbonyl (C=O) groups excluding carboxylic acids is 1. The van der Waals surface area contributed by atoms with Gasteiger partial charge in [-0.1, -0.05) is 43.7 Å². The third-order valence-electron chi connectivity index (χ3n) is 3.29. The molecular formula is C16H24N2O4. The van der Waals surface area contributed by atoms with E-state index in [1.54, 1.807) is 0 Å². The predicted molar refractivity (Wildman–Crippen MR) is 83.5 cm³/mol. The van der Waals surface area contributed by atoms with Crippen LogP contribution in [0.4, 0.5) is 4.79 Å². The third kappa shape index (κ3) is 6.58. The minimum atomic E-state index is -0.884. The number of amides is 2. The first kappa shape index (κ1) is 18.0. The molecule has 1 aromatic rings. The number of aliphatic hydroxyl groups excluding tert-OH is 1. The lowest BCUT2D eigenvalue weighted by Crippen LogP contribution is -2.45. The van der Waals surface area contributed by atoms with Crippen molar-refractivity contribution in [2.45, 2.75) is 44.8 Å². The maximum Gasteiger partial charge on any atom is 0.315 e. The molecule has 1 rings (SSSR count). The molecule has 0 saturated carbocycles. The van der Waals surface area contributed by atoms with E-state index in [2.05, 4.69) is 10.6 Å². The number of rotatable bonds is 9. The topological polar surface area (TPSA) is 98.7 Å². The normalized spacial score (nSPS) is 13.2. The van der Waals surface area contributed by atoms with E-state index in [9.17, 15) is 14.7 Å². The molecule has 2 unspecified atom stereocenters. The van der Waals surface area contributed by atoms with Gasteiger partial charge in [-0.3, -0.25) is 4.79 Å². The van der Waals surface area contributed by atoms with Crippen LogP contribution in [-0.4, -0.2) is 34.8 Å².